The average Bonchev–Trinajstić information content (AvgIpc) is 2.36. The van der Waals surface area contributed by atoms with Crippen LogP contribution in [-0.2, 0) is 9.59 Å². The molecular formula is C12H17ClN2O2. The van der Waals surface area contributed by atoms with E-state index in [0.717, 1.165) is 32.1 Å². The number of carbonyl (C=O) groups excluding carboxylic acids is 2. The highest BCUT2D eigenvalue weighted by Gasteiger charge is 2.25. The number of amides is 2. The molecule has 0 saturated heterocycles. The Morgan fingerprint density at radius 1 is 1.35 bits per heavy atom. The predicted octanol–water partition coefficient (Wildman–Crippen LogP) is 1.98. The summed E-state index contributed by atoms with van der Waals surface area (Å²) in [6.45, 7) is 0. The van der Waals surface area contributed by atoms with Crippen molar-refractivity contribution in [1.29, 1.82) is 5.26 Å². The van der Waals surface area contributed by atoms with E-state index in [2.05, 4.69) is 5.32 Å². The standard InChI is InChI=1S/C12H17ClN2O2/c13-7-6-10(8-14)12(17)15-11(16)9-4-2-1-3-5-9/h9-10H,1-7H2,(H,15,16,17). The second-order valence-corrected chi connectivity index (χ2v) is 4.73. The Morgan fingerprint density at radius 3 is 2.53 bits per heavy atom. The zero-order valence-corrected chi connectivity index (χ0v) is 10.5. The lowest BCUT2D eigenvalue weighted by Crippen LogP contribution is -2.39. The summed E-state index contributed by atoms with van der Waals surface area (Å²) >= 11 is 5.49. The Bertz CT molecular complexity index is 319. The number of alkyl halides is 1. The predicted molar refractivity (Wildman–Crippen MR) is 64.2 cm³/mol. The highest BCUT2D eigenvalue weighted by molar-refractivity contribution is 6.18. The molecule has 94 valence electrons. The van der Waals surface area contributed by atoms with E-state index >= 15 is 0 Å². The van der Waals surface area contributed by atoms with Gasteiger partial charge < -0.3 is 0 Å². The van der Waals surface area contributed by atoms with Gasteiger partial charge in [-0.2, -0.15) is 5.26 Å². The van der Waals surface area contributed by atoms with Gasteiger partial charge in [0.1, 0.15) is 5.92 Å². The molecule has 1 N–H and O–H groups in total. The van der Waals surface area contributed by atoms with Crippen LogP contribution in [0.5, 0.6) is 0 Å². The molecule has 0 heterocycles. The van der Waals surface area contributed by atoms with Gasteiger partial charge in [-0.15, -0.1) is 11.6 Å². The second-order valence-electron chi connectivity index (χ2n) is 4.35. The minimum Gasteiger partial charge on any atom is -0.295 e. The van der Waals surface area contributed by atoms with Gasteiger partial charge in [-0.05, 0) is 19.3 Å². The molecular weight excluding hydrogens is 240 g/mol. The lowest BCUT2D eigenvalue weighted by molar-refractivity contribution is -0.134. The number of carbonyl (C=O) groups is 2. The van der Waals surface area contributed by atoms with Gasteiger partial charge in [-0.1, -0.05) is 19.3 Å². The van der Waals surface area contributed by atoms with E-state index in [4.69, 9.17) is 16.9 Å². The number of nitrogens with one attached hydrogen (secondary N) is 1. The van der Waals surface area contributed by atoms with Crippen LogP contribution < -0.4 is 5.32 Å². The fraction of sp³-hybridized carbons (Fsp3) is 0.750. The van der Waals surface area contributed by atoms with Gasteiger partial charge in [0.05, 0.1) is 6.07 Å². The van der Waals surface area contributed by atoms with E-state index in [1.165, 1.54) is 0 Å². The third-order valence-corrected chi connectivity index (χ3v) is 3.31. The fourth-order valence-corrected chi connectivity index (χ4v) is 2.26. The van der Waals surface area contributed by atoms with Crippen molar-refractivity contribution in [1.82, 2.24) is 5.32 Å². The first kappa shape index (κ1) is 14.0. The second kappa shape index (κ2) is 7.29. The summed E-state index contributed by atoms with van der Waals surface area (Å²) in [5.41, 5.74) is 0. The molecule has 0 radical (unpaired) electrons. The number of nitriles is 1. The molecule has 0 aromatic heterocycles. The summed E-state index contributed by atoms with van der Waals surface area (Å²) < 4.78 is 0. The van der Waals surface area contributed by atoms with Crippen molar-refractivity contribution in [2.45, 2.75) is 38.5 Å². The lowest BCUT2D eigenvalue weighted by Gasteiger charge is -2.20. The minimum atomic E-state index is -0.819. The number of hydrogen-bond acceptors (Lipinski definition) is 3. The molecule has 1 saturated carbocycles. The zero-order valence-electron chi connectivity index (χ0n) is 9.75. The maximum atomic E-state index is 11.8. The Balaban J connectivity index is 2.44. The van der Waals surface area contributed by atoms with E-state index < -0.39 is 11.8 Å². The van der Waals surface area contributed by atoms with Crippen LogP contribution in [0.3, 0.4) is 0 Å². The van der Waals surface area contributed by atoms with E-state index in [1.807, 2.05) is 6.07 Å². The van der Waals surface area contributed by atoms with E-state index in [1.54, 1.807) is 0 Å². The Morgan fingerprint density at radius 2 is 2.00 bits per heavy atom. The summed E-state index contributed by atoms with van der Waals surface area (Å²) in [7, 11) is 0. The first-order chi connectivity index (χ1) is 8.19. The number of hydrogen-bond donors (Lipinski definition) is 1. The molecule has 1 aliphatic rings. The maximum Gasteiger partial charge on any atom is 0.243 e. The highest BCUT2D eigenvalue weighted by atomic mass is 35.5. The molecule has 17 heavy (non-hydrogen) atoms. The molecule has 1 fully saturated rings. The van der Waals surface area contributed by atoms with E-state index in [0.29, 0.717) is 0 Å². The molecule has 0 bridgehead atoms. The summed E-state index contributed by atoms with van der Waals surface area (Å²) in [6.07, 6.45) is 5.19. The van der Waals surface area contributed by atoms with Crippen LogP contribution >= 0.6 is 11.6 Å². The first-order valence-electron chi connectivity index (χ1n) is 5.99. The van der Waals surface area contributed by atoms with Crippen molar-refractivity contribution in [3.05, 3.63) is 0 Å². The van der Waals surface area contributed by atoms with Gasteiger partial charge in [-0.25, -0.2) is 0 Å². The van der Waals surface area contributed by atoms with Crippen LogP contribution in [0.25, 0.3) is 0 Å². The van der Waals surface area contributed by atoms with Gasteiger partial charge in [0.15, 0.2) is 0 Å². The van der Waals surface area contributed by atoms with Gasteiger partial charge in [0, 0.05) is 11.8 Å². The van der Waals surface area contributed by atoms with Crippen molar-refractivity contribution in [2.24, 2.45) is 11.8 Å². The molecule has 1 rings (SSSR count). The van der Waals surface area contributed by atoms with Crippen LogP contribution in [-0.4, -0.2) is 17.7 Å². The van der Waals surface area contributed by atoms with Gasteiger partial charge in [0.2, 0.25) is 11.8 Å². The molecule has 1 unspecified atom stereocenters. The summed E-state index contributed by atoms with van der Waals surface area (Å²) in [5.74, 6) is -1.39. The third kappa shape index (κ3) is 4.35. The largest absolute Gasteiger partial charge is 0.295 e. The van der Waals surface area contributed by atoms with Gasteiger partial charge >= 0.3 is 0 Å². The maximum absolute atomic E-state index is 11.8. The quantitative estimate of drug-likeness (QED) is 0.782. The zero-order chi connectivity index (χ0) is 12.7. The van der Waals surface area contributed by atoms with Crippen LogP contribution in [0.1, 0.15) is 38.5 Å². The summed E-state index contributed by atoms with van der Waals surface area (Å²) in [4.78, 5) is 23.4. The summed E-state index contributed by atoms with van der Waals surface area (Å²) in [5, 5.41) is 11.1. The molecule has 0 aliphatic heterocycles. The molecule has 5 heteroatoms. The molecule has 2 amide bonds. The van der Waals surface area contributed by atoms with E-state index in [-0.39, 0.29) is 24.1 Å². The number of imide groups is 1. The monoisotopic (exact) mass is 256 g/mol. The van der Waals surface area contributed by atoms with Crippen LogP contribution in [0.2, 0.25) is 0 Å². The van der Waals surface area contributed by atoms with Crippen molar-refractivity contribution >= 4 is 23.4 Å². The van der Waals surface area contributed by atoms with Crippen LogP contribution in [0, 0.1) is 23.2 Å². The number of halogens is 1. The highest BCUT2D eigenvalue weighted by Crippen LogP contribution is 2.23. The van der Waals surface area contributed by atoms with Crippen molar-refractivity contribution in [2.75, 3.05) is 5.88 Å². The lowest BCUT2D eigenvalue weighted by atomic mass is 9.88. The van der Waals surface area contributed by atoms with Crippen LogP contribution in [0.15, 0.2) is 0 Å². The molecule has 0 aromatic rings. The topological polar surface area (TPSA) is 70.0 Å². The molecule has 4 nitrogen and oxygen atoms in total. The Hall–Kier alpha value is -1.08. The van der Waals surface area contributed by atoms with Gasteiger partial charge in [0.25, 0.3) is 0 Å². The molecule has 1 aliphatic carbocycles. The van der Waals surface area contributed by atoms with Crippen LogP contribution in [0.4, 0.5) is 0 Å². The Labute approximate surface area is 106 Å². The number of nitrogens with zero attached hydrogens (tertiary/aromatic N) is 1. The Kier molecular flexibility index (Phi) is 5.99. The SMILES string of the molecule is N#CC(CCCl)C(=O)NC(=O)C1CCCCC1. The van der Waals surface area contributed by atoms with Crippen molar-refractivity contribution in [3.63, 3.8) is 0 Å². The van der Waals surface area contributed by atoms with E-state index in [9.17, 15) is 9.59 Å². The smallest absolute Gasteiger partial charge is 0.243 e. The average molecular weight is 257 g/mol. The van der Waals surface area contributed by atoms with Crippen molar-refractivity contribution < 1.29 is 9.59 Å². The molecule has 0 spiro atoms. The number of rotatable bonds is 4. The normalized spacial score (nSPS) is 18.1. The third-order valence-electron chi connectivity index (χ3n) is 3.09. The summed E-state index contributed by atoms with van der Waals surface area (Å²) in [6, 6.07) is 1.86. The molecule has 1 atom stereocenters. The minimum absolute atomic E-state index is 0.0666. The van der Waals surface area contributed by atoms with Gasteiger partial charge in [-0.3, -0.25) is 14.9 Å². The first-order valence-corrected chi connectivity index (χ1v) is 6.52. The molecule has 0 aromatic carbocycles. The fourth-order valence-electron chi connectivity index (χ4n) is 2.04. The van der Waals surface area contributed by atoms with Crippen molar-refractivity contribution in [3.8, 4) is 6.07 Å².